The molecule has 1 aromatic rings. The number of hydrogen-bond donors (Lipinski definition) is 1. The highest BCUT2D eigenvalue weighted by Crippen LogP contribution is 2.23. The number of halogens is 1. The second-order valence-electron chi connectivity index (χ2n) is 1.96. The summed E-state index contributed by atoms with van der Waals surface area (Å²) in [6, 6.07) is 1.79. The molecule has 3 heteroatoms. The van der Waals surface area contributed by atoms with E-state index in [9.17, 15) is 0 Å². The van der Waals surface area contributed by atoms with Crippen molar-refractivity contribution in [3.63, 3.8) is 0 Å². The Morgan fingerprint density at radius 3 is 2.90 bits per heavy atom. The molecule has 0 amide bonds. The third-order valence-corrected chi connectivity index (χ3v) is 1.74. The molecule has 0 unspecified atom stereocenters. The molecular formula is C7H8ClNO. The summed E-state index contributed by atoms with van der Waals surface area (Å²) in [5.41, 5.74) is 0.925. The average Bonchev–Trinajstić information content (AvgIpc) is 1.95. The van der Waals surface area contributed by atoms with Gasteiger partial charge >= 0.3 is 0 Å². The zero-order valence-electron chi connectivity index (χ0n) is 5.63. The summed E-state index contributed by atoms with van der Waals surface area (Å²) in [5, 5.41) is 9.35. The minimum atomic E-state index is -0.0824. The van der Waals surface area contributed by atoms with Gasteiger partial charge < -0.3 is 5.11 Å². The monoisotopic (exact) mass is 157 g/mol. The van der Waals surface area contributed by atoms with Gasteiger partial charge in [-0.3, -0.25) is 0 Å². The number of hydrogen-bond acceptors (Lipinski definition) is 2. The van der Waals surface area contributed by atoms with E-state index in [2.05, 4.69) is 4.98 Å². The zero-order valence-corrected chi connectivity index (χ0v) is 6.39. The van der Waals surface area contributed by atoms with Crippen molar-refractivity contribution in [2.75, 3.05) is 0 Å². The number of pyridine rings is 1. The largest absolute Gasteiger partial charge is 0.492 e. The van der Waals surface area contributed by atoms with Crippen molar-refractivity contribution in [2.24, 2.45) is 0 Å². The van der Waals surface area contributed by atoms with Crippen molar-refractivity contribution >= 4 is 11.6 Å². The predicted molar refractivity (Wildman–Crippen MR) is 40.3 cm³/mol. The minimum absolute atomic E-state index is 0.0824. The molecule has 0 fully saturated rings. The van der Waals surface area contributed by atoms with E-state index in [0.29, 0.717) is 5.02 Å². The summed E-state index contributed by atoms with van der Waals surface area (Å²) in [6.07, 6.45) is 2.36. The van der Waals surface area contributed by atoms with Gasteiger partial charge in [-0.15, -0.1) is 0 Å². The molecule has 0 atom stereocenters. The molecule has 1 aromatic heterocycles. The first-order valence-corrected chi connectivity index (χ1v) is 3.46. The molecule has 0 saturated carbocycles. The van der Waals surface area contributed by atoms with Crippen LogP contribution < -0.4 is 0 Å². The van der Waals surface area contributed by atoms with Crippen LogP contribution in [0.5, 0.6) is 5.88 Å². The Labute approximate surface area is 64.5 Å². The van der Waals surface area contributed by atoms with Gasteiger partial charge in [0, 0.05) is 6.20 Å². The Morgan fingerprint density at radius 1 is 1.70 bits per heavy atom. The molecule has 54 valence electrons. The Hall–Kier alpha value is -0.760. The molecular weight excluding hydrogens is 150 g/mol. The van der Waals surface area contributed by atoms with Crippen molar-refractivity contribution in [1.29, 1.82) is 0 Å². The van der Waals surface area contributed by atoms with Crippen molar-refractivity contribution in [1.82, 2.24) is 4.98 Å². The molecule has 0 saturated heterocycles. The van der Waals surface area contributed by atoms with E-state index in [0.717, 1.165) is 12.0 Å². The smallest absolute Gasteiger partial charge is 0.230 e. The fraction of sp³-hybridized carbons (Fsp3) is 0.286. The van der Waals surface area contributed by atoms with Crippen LogP contribution in [0.3, 0.4) is 0 Å². The van der Waals surface area contributed by atoms with Crippen molar-refractivity contribution < 1.29 is 5.11 Å². The molecule has 0 bridgehead atoms. The van der Waals surface area contributed by atoms with Gasteiger partial charge in [0.25, 0.3) is 0 Å². The molecule has 0 radical (unpaired) electrons. The minimum Gasteiger partial charge on any atom is -0.492 e. The zero-order chi connectivity index (χ0) is 7.56. The number of aryl methyl sites for hydroxylation is 1. The Kier molecular flexibility index (Phi) is 2.12. The molecule has 0 aromatic carbocycles. The van der Waals surface area contributed by atoms with E-state index >= 15 is 0 Å². The lowest BCUT2D eigenvalue weighted by molar-refractivity contribution is 0.453. The Balaban J connectivity index is 3.14. The summed E-state index contributed by atoms with van der Waals surface area (Å²) >= 11 is 5.68. The lowest BCUT2D eigenvalue weighted by Gasteiger charge is -1.99. The van der Waals surface area contributed by atoms with Crippen molar-refractivity contribution in [2.45, 2.75) is 13.3 Å². The summed E-state index contributed by atoms with van der Waals surface area (Å²) in [5.74, 6) is -0.0824. The van der Waals surface area contributed by atoms with Crippen LogP contribution in [0.1, 0.15) is 12.5 Å². The average molecular weight is 158 g/mol. The normalized spacial score (nSPS) is 9.80. The van der Waals surface area contributed by atoms with Crippen molar-refractivity contribution in [3.05, 3.63) is 22.8 Å². The summed E-state index contributed by atoms with van der Waals surface area (Å²) in [7, 11) is 0. The van der Waals surface area contributed by atoms with Crippen LogP contribution in [0.25, 0.3) is 0 Å². The first kappa shape index (κ1) is 7.35. The van der Waals surface area contributed by atoms with Crippen LogP contribution in [0.15, 0.2) is 12.3 Å². The predicted octanol–water partition coefficient (Wildman–Crippen LogP) is 2.00. The molecule has 1 rings (SSSR count). The van der Waals surface area contributed by atoms with Gasteiger partial charge in [0.05, 0.1) is 0 Å². The molecule has 0 aliphatic rings. The second kappa shape index (κ2) is 2.88. The quantitative estimate of drug-likeness (QED) is 0.677. The summed E-state index contributed by atoms with van der Waals surface area (Å²) < 4.78 is 0. The van der Waals surface area contributed by atoms with Crippen LogP contribution in [0.2, 0.25) is 5.02 Å². The van der Waals surface area contributed by atoms with E-state index in [1.165, 1.54) is 0 Å². The van der Waals surface area contributed by atoms with Crippen LogP contribution in [-0.4, -0.2) is 10.1 Å². The van der Waals surface area contributed by atoms with E-state index in [-0.39, 0.29) is 5.88 Å². The number of aromatic nitrogens is 1. The lowest BCUT2D eigenvalue weighted by Crippen LogP contribution is -1.83. The van der Waals surface area contributed by atoms with E-state index < -0.39 is 0 Å². The van der Waals surface area contributed by atoms with Gasteiger partial charge in [-0.25, -0.2) is 4.98 Å². The van der Waals surface area contributed by atoms with Gasteiger partial charge in [-0.1, -0.05) is 18.5 Å². The topological polar surface area (TPSA) is 33.1 Å². The van der Waals surface area contributed by atoms with E-state index in [1.807, 2.05) is 6.92 Å². The van der Waals surface area contributed by atoms with Crippen LogP contribution in [0.4, 0.5) is 0 Å². The Morgan fingerprint density at radius 2 is 2.40 bits per heavy atom. The van der Waals surface area contributed by atoms with Gasteiger partial charge in [0.2, 0.25) is 5.88 Å². The maximum Gasteiger partial charge on any atom is 0.230 e. The second-order valence-corrected chi connectivity index (χ2v) is 2.34. The van der Waals surface area contributed by atoms with Gasteiger partial charge in [0.1, 0.15) is 5.02 Å². The molecule has 1 heterocycles. The standard InChI is InChI=1S/C7H8ClNO/c1-2-5-3-4-9-7(10)6(5)8/h3-4H,2H2,1H3,(H,9,10). The summed E-state index contributed by atoms with van der Waals surface area (Å²) in [4.78, 5) is 3.61. The molecule has 0 spiro atoms. The number of nitrogens with zero attached hydrogens (tertiary/aromatic N) is 1. The maximum atomic E-state index is 8.99. The van der Waals surface area contributed by atoms with Crippen LogP contribution in [0, 0.1) is 0 Å². The van der Waals surface area contributed by atoms with Crippen LogP contribution >= 0.6 is 11.6 Å². The highest BCUT2D eigenvalue weighted by Gasteiger charge is 2.02. The number of rotatable bonds is 1. The molecule has 0 aliphatic heterocycles. The number of aromatic hydroxyl groups is 1. The van der Waals surface area contributed by atoms with Gasteiger partial charge in [-0.2, -0.15) is 0 Å². The molecule has 0 aliphatic carbocycles. The third kappa shape index (κ3) is 1.21. The highest BCUT2D eigenvalue weighted by molar-refractivity contribution is 6.32. The van der Waals surface area contributed by atoms with Gasteiger partial charge in [0.15, 0.2) is 0 Å². The Bertz CT molecular complexity index is 237. The van der Waals surface area contributed by atoms with E-state index in [1.54, 1.807) is 12.3 Å². The van der Waals surface area contributed by atoms with Crippen LogP contribution in [-0.2, 0) is 6.42 Å². The molecule has 2 nitrogen and oxygen atoms in total. The van der Waals surface area contributed by atoms with E-state index in [4.69, 9.17) is 16.7 Å². The molecule has 10 heavy (non-hydrogen) atoms. The third-order valence-electron chi connectivity index (χ3n) is 1.33. The fourth-order valence-electron chi connectivity index (χ4n) is 0.744. The maximum absolute atomic E-state index is 8.99. The first-order valence-electron chi connectivity index (χ1n) is 3.08. The first-order chi connectivity index (χ1) is 4.75. The molecule has 1 N–H and O–H groups in total. The fourth-order valence-corrected chi connectivity index (χ4v) is 0.990. The lowest BCUT2D eigenvalue weighted by atomic mass is 10.2. The van der Waals surface area contributed by atoms with Crippen molar-refractivity contribution in [3.8, 4) is 5.88 Å². The highest BCUT2D eigenvalue weighted by atomic mass is 35.5. The SMILES string of the molecule is CCc1ccnc(O)c1Cl. The summed E-state index contributed by atoms with van der Waals surface area (Å²) in [6.45, 7) is 1.97. The van der Waals surface area contributed by atoms with Gasteiger partial charge in [-0.05, 0) is 18.1 Å².